The van der Waals surface area contributed by atoms with Crippen molar-refractivity contribution in [3.63, 3.8) is 0 Å². The number of nitrogen functional groups attached to an aromatic ring is 1. The van der Waals surface area contributed by atoms with E-state index in [0.29, 0.717) is 16.9 Å². The molecule has 2 heterocycles. The molecule has 4 nitrogen and oxygen atoms in total. The van der Waals surface area contributed by atoms with Crippen LogP contribution >= 0.6 is 15.9 Å². The first kappa shape index (κ1) is 16.6. The summed E-state index contributed by atoms with van der Waals surface area (Å²) in [6.07, 6.45) is 2.90. The normalized spacial score (nSPS) is 17.8. The second-order valence-corrected chi connectivity index (χ2v) is 8.92. The Morgan fingerprint density at radius 1 is 1.28 bits per heavy atom. The van der Waals surface area contributed by atoms with Crippen molar-refractivity contribution in [3.8, 4) is 0 Å². The number of pyridine rings is 1. The molecule has 0 radical (unpaired) electrons. The van der Waals surface area contributed by atoms with E-state index < -0.39 is 5.63 Å². The summed E-state index contributed by atoms with van der Waals surface area (Å²) in [7, 11) is 0. The van der Waals surface area contributed by atoms with Gasteiger partial charge in [0.1, 0.15) is 16.8 Å². The summed E-state index contributed by atoms with van der Waals surface area (Å²) >= 11 is 3.53. The smallest absolute Gasteiger partial charge is 0.347 e. The first-order valence-corrected chi connectivity index (χ1v) is 9.38. The number of aromatic nitrogens is 1. The molecular weight excluding hydrogens is 380 g/mol. The number of benzene rings is 1. The molecule has 3 aromatic rings. The van der Waals surface area contributed by atoms with Crippen LogP contribution in [0.5, 0.6) is 0 Å². The van der Waals surface area contributed by atoms with Crippen molar-refractivity contribution in [2.24, 2.45) is 11.3 Å². The second-order valence-electron chi connectivity index (χ2n) is 8.01. The number of aryl methyl sites for hydroxylation is 1. The average Bonchev–Trinajstić information content (AvgIpc) is 2.53. The summed E-state index contributed by atoms with van der Waals surface area (Å²) in [6, 6.07) is 5.71. The number of nitrogens with zero attached hydrogens (tertiary/aromatic N) is 1. The Balaban J connectivity index is 2.13. The molecule has 1 aliphatic carbocycles. The third-order valence-electron chi connectivity index (χ3n) is 5.43. The minimum absolute atomic E-state index is 0.210. The third kappa shape index (κ3) is 2.65. The van der Waals surface area contributed by atoms with Crippen molar-refractivity contribution in [2.45, 2.75) is 40.0 Å². The molecule has 2 aromatic heterocycles. The molecule has 1 atom stereocenters. The van der Waals surface area contributed by atoms with Crippen molar-refractivity contribution in [1.82, 2.24) is 4.98 Å². The highest BCUT2D eigenvalue weighted by atomic mass is 79.9. The quantitative estimate of drug-likeness (QED) is 0.433. The molecule has 0 saturated heterocycles. The lowest BCUT2D eigenvalue weighted by atomic mass is 9.71. The summed E-state index contributed by atoms with van der Waals surface area (Å²) in [4.78, 5) is 17.1. The molecule has 0 aliphatic heterocycles. The molecule has 0 bridgehead atoms. The maximum atomic E-state index is 12.6. The Labute approximate surface area is 154 Å². The molecule has 130 valence electrons. The molecule has 0 spiro atoms. The maximum Gasteiger partial charge on any atom is 0.347 e. The lowest BCUT2D eigenvalue weighted by molar-refractivity contribution is 0.215. The molecule has 1 unspecified atom stereocenters. The van der Waals surface area contributed by atoms with E-state index in [1.54, 1.807) is 0 Å². The molecule has 0 amide bonds. The Bertz CT molecular complexity index is 1060. The average molecular weight is 401 g/mol. The van der Waals surface area contributed by atoms with Crippen molar-refractivity contribution >= 4 is 43.5 Å². The van der Waals surface area contributed by atoms with Gasteiger partial charge < -0.3 is 10.2 Å². The van der Waals surface area contributed by atoms with Crippen molar-refractivity contribution < 1.29 is 4.42 Å². The second kappa shape index (κ2) is 5.56. The molecule has 2 N–H and O–H groups in total. The van der Waals surface area contributed by atoms with E-state index in [4.69, 9.17) is 10.2 Å². The first-order chi connectivity index (χ1) is 11.8. The lowest BCUT2D eigenvalue weighted by Gasteiger charge is -2.35. The van der Waals surface area contributed by atoms with Crippen molar-refractivity contribution in [2.75, 3.05) is 5.73 Å². The van der Waals surface area contributed by atoms with E-state index in [1.165, 1.54) is 0 Å². The van der Waals surface area contributed by atoms with Gasteiger partial charge in [0.05, 0.1) is 0 Å². The minimum atomic E-state index is -0.407. The molecule has 4 rings (SSSR count). The number of nitrogens with two attached hydrogens (primary N) is 1. The summed E-state index contributed by atoms with van der Waals surface area (Å²) in [5, 5.41) is 2.26. The van der Waals surface area contributed by atoms with Crippen LogP contribution in [0.3, 0.4) is 0 Å². The van der Waals surface area contributed by atoms with Gasteiger partial charge in [-0.1, -0.05) is 36.7 Å². The lowest BCUT2D eigenvalue weighted by Crippen LogP contribution is -2.28. The molecule has 5 heteroatoms. The number of hydrogen-bond donors (Lipinski definition) is 1. The Hall–Kier alpha value is -1.88. The van der Waals surface area contributed by atoms with Crippen LogP contribution < -0.4 is 11.4 Å². The van der Waals surface area contributed by atoms with Crippen LogP contribution in [0, 0.1) is 11.3 Å². The molecule has 0 fully saturated rings. The van der Waals surface area contributed by atoms with E-state index in [1.807, 2.05) is 18.2 Å². The summed E-state index contributed by atoms with van der Waals surface area (Å²) < 4.78 is 6.45. The SMILES string of the molecule is CC(C)(C)C1CCc2nc(N)c3c(=O)oc4ccc(Br)cc4c3c2C1. The highest BCUT2D eigenvalue weighted by molar-refractivity contribution is 9.10. The van der Waals surface area contributed by atoms with Crippen LogP contribution in [0.15, 0.2) is 31.9 Å². The van der Waals surface area contributed by atoms with Crippen LogP contribution in [-0.4, -0.2) is 4.98 Å². The van der Waals surface area contributed by atoms with Gasteiger partial charge >= 0.3 is 5.63 Å². The van der Waals surface area contributed by atoms with E-state index >= 15 is 0 Å². The highest BCUT2D eigenvalue weighted by Crippen LogP contribution is 2.41. The molecule has 1 aromatic carbocycles. The number of fused-ring (bicyclic) bond motifs is 5. The summed E-state index contributed by atoms with van der Waals surface area (Å²) in [6.45, 7) is 6.83. The Kier molecular flexibility index (Phi) is 3.69. The van der Waals surface area contributed by atoms with Crippen LogP contribution in [0.2, 0.25) is 0 Å². The zero-order valence-corrected chi connectivity index (χ0v) is 16.2. The Morgan fingerprint density at radius 3 is 2.76 bits per heavy atom. The molecule has 1 aliphatic rings. The Morgan fingerprint density at radius 2 is 2.04 bits per heavy atom. The monoisotopic (exact) mass is 400 g/mol. The van der Waals surface area contributed by atoms with Gasteiger partial charge in [-0.05, 0) is 54.4 Å². The standard InChI is InChI=1S/C20H21BrN2O2/c1-20(2,3)10-4-6-14-12(8-10)16-13-9-11(21)5-7-15(13)25-19(24)17(16)18(22)23-14/h5,7,9-10H,4,6,8H2,1-3H3,(H2,22,23). The van der Waals surface area contributed by atoms with Gasteiger partial charge in [0.15, 0.2) is 0 Å². The maximum absolute atomic E-state index is 12.6. The van der Waals surface area contributed by atoms with Gasteiger partial charge in [0, 0.05) is 20.9 Å². The fourth-order valence-electron chi connectivity index (χ4n) is 3.96. The summed E-state index contributed by atoms with van der Waals surface area (Å²) in [5.74, 6) is 0.821. The van der Waals surface area contributed by atoms with Crippen molar-refractivity contribution in [3.05, 3.63) is 44.3 Å². The zero-order chi connectivity index (χ0) is 17.9. The van der Waals surface area contributed by atoms with Gasteiger partial charge in [-0.2, -0.15) is 0 Å². The predicted molar refractivity (Wildman–Crippen MR) is 105 cm³/mol. The molecule has 25 heavy (non-hydrogen) atoms. The van der Waals surface area contributed by atoms with Crippen LogP contribution in [-0.2, 0) is 12.8 Å². The molecular formula is C20H21BrN2O2. The van der Waals surface area contributed by atoms with E-state index in [2.05, 4.69) is 41.7 Å². The molecule has 0 saturated carbocycles. The van der Waals surface area contributed by atoms with Gasteiger partial charge in [-0.3, -0.25) is 0 Å². The van der Waals surface area contributed by atoms with E-state index in [9.17, 15) is 4.79 Å². The number of rotatable bonds is 0. The van der Waals surface area contributed by atoms with Crippen LogP contribution in [0.4, 0.5) is 5.82 Å². The van der Waals surface area contributed by atoms with Gasteiger partial charge in [0.2, 0.25) is 0 Å². The van der Waals surface area contributed by atoms with E-state index in [-0.39, 0.29) is 11.2 Å². The number of halogens is 1. The largest absolute Gasteiger partial charge is 0.422 e. The van der Waals surface area contributed by atoms with Crippen LogP contribution in [0.25, 0.3) is 21.7 Å². The minimum Gasteiger partial charge on any atom is -0.422 e. The zero-order valence-electron chi connectivity index (χ0n) is 14.6. The van der Waals surface area contributed by atoms with Crippen molar-refractivity contribution in [1.29, 1.82) is 0 Å². The predicted octanol–water partition coefficient (Wildman–Crippen LogP) is 4.84. The van der Waals surface area contributed by atoms with Gasteiger partial charge in [0.25, 0.3) is 0 Å². The van der Waals surface area contributed by atoms with Gasteiger partial charge in [-0.15, -0.1) is 0 Å². The van der Waals surface area contributed by atoms with Gasteiger partial charge in [-0.25, -0.2) is 9.78 Å². The summed E-state index contributed by atoms with van der Waals surface area (Å²) in [5.41, 5.74) is 8.72. The number of hydrogen-bond acceptors (Lipinski definition) is 4. The fourth-order valence-corrected chi connectivity index (χ4v) is 4.32. The number of anilines is 1. The topological polar surface area (TPSA) is 69.1 Å². The third-order valence-corrected chi connectivity index (χ3v) is 5.93. The first-order valence-electron chi connectivity index (χ1n) is 8.59. The fraction of sp³-hybridized carbons (Fsp3) is 0.400. The van der Waals surface area contributed by atoms with Crippen LogP contribution in [0.1, 0.15) is 38.4 Å². The highest BCUT2D eigenvalue weighted by Gasteiger charge is 2.31. The van der Waals surface area contributed by atoms with E-state index in [0.717, 1.165) is 45.8 Å².